The number of carbonyl (C=O) groups excluding carboxylic acids is 1. The second-order valence-electron chi connectivity index (χ2n) is 2.45. The van der Waals surface area contributed by atoms with Gasteiger partial charge in [-0.2, -0.15) is 0 Å². The van der Waals surface area contributed by atoms with Crippen molar-refractivity contribution in [2.45, 2.75) is 6.42 Å². The maximum Gasteiger partial charge on any atom is 0.148 e. The largest absolute Gasteiger partial charge is 0.303 e. The summed E-state index contributed by atoms with van der Waals surface area (Å²) in [5.74, 6) is -0.452. The first-order chi connectivity index (χ1) is 6.25. The van der Waals surface area contributed by atoms with Crippen LogP contribution in [0.25, 0.3) is 6.08 Å². The summed E-state index contributed by atoms with van der Waals surface area (Å²) in [4.78, 5) is 9.98. The van der Waals surface area contributed by atoms with Crippen LogP contribution in [0.1, 0.15) is 12.0 Å². The van der Waals surface area contributed by atoms with Crippen LogP contribution in [0, 0.1) is 5.82 Å². The molecule has 0 aliphatic heterocycles. The van der Waals surface area contributed by atoms with Gasteiger partial charge >= 0.3 is 0 Å². The van der Waals surface area contributed by atoms with E-state index in [-0.39, 0.29) is 11.4 Å². The first-order valence-corrected chi connectivity index (χ1v) is 4.17. The van der Waals surface area contributed by atoms with Crippen LogP contribution in [0.4, 0.5) is 4.39 Å². The summed E-state index contributed by atoms with van der Waals surface area (Å²) in [5.41, 5.74) is 0.398. The third kappa shape index (κ3) is 2.67. The van der Waals surface area contributed by atoms with Crippen LogP contribution in [0.5, 0.6) is 0 Å². The number of hydrogen-bond acceptors (Lipinski definition) is 1. The molecule has 0 aliphatic rings. The van der Waals surface area contributed by atoms with Crippen LogP contribution in [-0.4, -0.2) is 6.29 Å². The van der Waals surface area contributed by atoms with Gasteiger partial charge in [0.05, 0.1) is 5.02 Å². The number of halogens is 2. The molecule has 0 atom stereocenters. The van der Waals surface area contributed by atoms with Gasteiger partial charge in [0.15, 0.2) is 0 Å². The fourth-order valence-corrected chi connectivity index (χ4v) is 1.08. The van der Waals surface area contributed by atoms with E-state index in [0.717, 1.165) is 6.29 Å². The summed E-state index contributed by atoms with van der Waals surface area (Å²) in [7, 11) is 0. The van der Waals surface area contributed by atoms with Gasteiger partial charge in [-0.25, -0.2) is 4.39 Å². The minimum Gasteiger partial charge on any atom is -0.303 e. The van der Waals surface area contributed by atoms with Crippen LogP contribution < -0.4 is 0 Å². The van der Waals surface area contributed by atoms with Crippen molar-refractivity contribution < 1.29 is 9.18 Å². The first kappa shape index (κ1) is 9.93. The minimum absolute atomic E-state index is 0.0910. The SMILES string of the molecule is O=CCC=Cc1cccc(Cl)c1F. The highest BCUT2D eigenvalue weighted by Gasteiger charge is 2.01. The highest BCUT2D eigenvalue weighted by atomic mass is 35.5. The van der Waals surface area contributed by atoms with Gasteiger partial charge in [-0.15, -0.1) is 0 Å². The summed E-state index contributed by atoms with van der Waals surface area (Å²) >= 11 is 5.55. The van der Waals surface area contributed by atoms with Crippen molar-refractivity contribution in [3.8, 4) is 0 Å². The average Bonchev–Trinajstić information content (AvgIpc) is 2.13. The lowest BCUT2D eigenvalue weighted by Crippen LogP contribution is -1.82. The third-order valence-corrected chi connectivity index (χ3v) is 1.80. The normalized spacial score (nSPS) is 10.6. The summed E-state index contributed by atoms with van der Waals surface area (Å²) in [5, 5.41) is 0.0910. The van der Waals surface area contributed by atoms with Crippen LogP contribution >= 0.6 is 11.6 Å². The van der Waals surface area contributed by atoms with Crippen molar-refractivity contribution >= 4 is 24.0 Å². The van der Waals surface area contributed by atoms with Crippen LogP contribution in [0.3, 0.4) is 0 Å². The second-order valence-corrected chi connectivity index (χ2v) is 2.85. The average molecular weight is 199 g/mol. The molecule has 0 amide bonds. The third-order valence-electron chi connectivity index (χ3n) is 1.51. The molecule has 0 radical (unpaired) electrons. The molecule has 0 spiro atoms. The molecule has 1 aromatic carbocycles. The Morgan fingerprint density at radius 1 is 1.46 bits per heavy atom. The van der Waals surface area contributed by atoms with Crippen molar-refractivity contribution in [3.63, 3.8) is 0 Å². The number of aldehydes is 1. The molecular weight excluding hydrogens is 191 g/mol. The van der Waals surface area contributed by atoms with Gasteiger partial charge < -0.3 is 4.79 Å². The predicted molar refractivity (Wildman–Crippen MR) is 51.1 cm³/mol. The van der Waals surface area contributed by atoms with Crippen molar-refractivity contribution in [2.75, 3.05) is 0 Å². The predicted octanol–water partition coefficient (Wildman–Crippen LogP) is 3.08. The second kappa shape index (κ2) is 4.77. The molecule has 0 saturated carbocycles. The zero-order valence-electron chi connectivity index (χ0n) is 6.84. The summed E-state index contributed by atoms with van der Waals surface area (Å²) in [6.07, 6.45) is 4.16. The lowest BCUT2D eigenvalue weighted by Gasteiger charge is -1.97. The quantitative estimate of drug-likeness (QED) is 0.683. The summed E-state index contributed by atoms with van der Waals surface area (Å²) < 4.78 is 13.2. The van der Waals surface area contributed by atoms with Crippen LogP contribution in [0.2, 0.25) is 5.02 Å². The summed E-state index contributed by atoms with van der Waals surface area (Å²) in [6, 6.07) is 4.74. The van der Waals surface area contributed by atoms with Gasteiger partial charge in [0.2, 0.25) is 0 Å². The van der Waals surface area contributed by atoms with Gasteiger partial charge in [0, 0.05) is 12.0 Å². The molecule has 0 aromatic heterocycles. The minimum atomic E-state index is -0.452. The van der Waals surface area contributed by atoms with Gasteiger partial charge in [-0.3, -0.25) is 0 Å². The number of hydrogen-bond donors (Lipinski definition) is 0. The molecule has 0 N–H and O–H groups in total. The van der Waals surface area contributed by atoms with E-state index in [0.29, 0.717) is 5.56 Å². The van der Waals surface area contributed by atoms with E-state index in [2.05, 4.69) is 0 Å². The van der Waals surface area contributed by atoms with Crippen LogP contribution in [-0.2, 0) is 4.79 Å². The Kier molecular flexibility index (Phi) is 3.65. The zero-order chi connectivity index (χ0) is 9.68. The van der Waals surface area contributed by atoms with Gasteiger partial charge in [0.1, 0.15) is 12.1 Å². The molecule has 0 fully saturated rings. The standard InChI is InChI=1S/C10H8ClFO/c11-9-6-3-5-8(10(9)12)4-1-2-7-13/h1,3-7H,2H2. The fourth-order valence-electron chi connectivity index (χ4n) is 0.900. The Hall–Kier alpha value is -1.15. The number of carbonyl (C=O) groups is 1. The topological polar surface area (TPSA) is 17.1 Å². The number of allylic oxidation sites excluding steroid dienone is 1. The maximum atomic E-state index is 13.2. The van der Waals surface area contributed by atoms with Gasteiger partial charge in [-0.05, 0) is 6.07 Å². The highest BCUT2D eigenvalue weighted by Crippen LogP contribution is 2.18. The Morgan fingerprint density at radius 3 is 2.92 bits per heavy atom. The van der Waals surface area contributed by atoms with E-state index < -0.39 is 5.82 Å². The van der Waals surface area contributed by atoms with Gasteiger partial charge in [-0.1, -0.05) is 35.9 Å². The van der Waals surface area contributed by atoms with Crippen molar-refractivity contribution in [3.05, 3.63) is 40.7 Å². The van der Waals surface area contributed by atoms with E-state index >= 15 is 0 Å². The molecule has 0 bridgehead atoms. The summed E-state index contributed by atoms with van der Waals surface area (Å²) in [6.45, 7) is 0. The van der Waals surface area contributed by atoms with Crippen molar-refractivity contribution in [1.82, 2.24) is 0 Å². The molecular formula is C10H8ClFO. The monoisotopic (exact) mass is 198 g/mol. The zero-order valence-corrected chi connectivity index (χ0v) is 7.59. The Balaban J connectivity index is 2.88. The Morgan fingerprint density at radius 2 is 2.23 bits per heavy atom. The smallest absolute Gasteiger partial charge is 0.148 e. The Bertz CT molecular complexity index is 334. The lowest BCUT2D eigenvalue weighted by atomic mass is 10.2. The van der Waals surface area contributed by atoms with E-state index in [9.17, 15) is 9.18 Å². The Labute approximate surface area is 80.8 Å². The lowest BCUT2D eigenvalue weighted by molar-refractivity contribution is -0.107. The molecule has 0 aliphatic carbocycles. The highest BCUT2D eigenvalue weighted by molar-refractivity contribution is 6.30. The number of benzene rings is 1. The molecule has 3 heteroatoms. The fraction of sp³-hybridized carbons (Fsp3) is 0.100. The molecule has 0 saturated heterocycles. The first-order valence-electron chi connectivity index (χ1n) is 3.80. The molecule has 0 heterocycles. The van der Waals surface area contributed by atoms with Crippen molar-refractivity contribution in [1.29, 1.82) is 0 Å². The molecule has 1 nitrogen and oxygen atoms in total. The van der Waals surface area contributed by atoms with E-state index in [1.807, 2.05) is 0 Å². The molecule has 13 heavy (non-hydrogen) atoms. The molecule has 1 aromatic rings. The van der Waals surface area contributed by atoms with E-state index in [1.165, 1.54) is 12.1 Å². The molecule has 68 valence electrons. The van der Waals surface area contributed by atoms with E-state index in [1.54, 1.807) is 18.2 Å². The number of rotatable bonds is 3. The van der Waals surface area contributed by atoms with E-state index in [4.69, 9.17) is 11.6 Å². The maximum absolute atomic E-state index is 13.2. The van der Waals surface area contributed by atoms with Crippen LogP contribution in [0.15, 0.2) is 24.3 Å². The van der Waals surface area contributed by atoms with Gasteiger partial charge in [0.25, 0.3) is 0 Å². The molecule has 1 rings (SSSR count). The molecule has 0 unspecified atom stereocenters. The van der Waals surface area contributed by atoms with Crippen molar-refractivity contribution in [2.24, 2.45) is 0 Å².